The minimum absolute atomic E-state index is 0.0839. The summed E-state index contributed by atoms with van der Waals surface area (Å²) in [6.45, 7) is 0. The molecule has 1 heterocycles. The second-order valence-corrected chi connectivity index (χ2v) is 5.72. The third kappa shape index (κ3) is 4.10. The normalized spacial score (nSPS) is 12.0. The van der Waals surface area contributed by atoms with Gasteiger partial charge < -0.3 is 15.6 Å². The highest BCUT2D eigenvalue weighted by Crippen LogP contribution is 2.37. The number of primary amides is 1. The Kier molecular flexibility index (Phi) is 4.86. The van der Waals surface area contributed by atoms with Crippen LogP contribution in [0.4, 0.5) is 22.0 Å². The highest BCUT2D eigenvalue weighted by atomic mass is 19.4. The summed E-state index contributed by atoms with van der Waals surface area (Å²) in [7, 11) is 0. The lowest BCUT2D eigenvalue weighted by Crippen LogP contribution is -2.41. The van der Waals surface area contributed by atoms with Crippen LogP contribution in [0.15, 0.2) is 48.8 Å². The maximum atomic E-state index is 12.9. The monoisotopic (exact) mass is 414 g/mol. The van der Waals surface area contributed by atoms with Crippen LogP contribution in [0.1, 0.15) is 10.4 Å². The van der Waals surface area contributed by atoms with Gasteiger partial charge in [0.25, 0.3) is 5.91 Å². The summed E-state index contributed by atoms with van der Waals surface area (Å²) in [5.74, 6) is -1.71. The van der Waals surface area contributed by atoms with Gasteiger partial charge in [0.05, 0.1) is 11.3 Å². The molecule has 0 atom stereocenters. The Bertz CT molecular complexity index is 1050. The zero-order chi connectivity index (χ0) is 21.4. The molecule has 0 unspecified atom stereocenters. The third-order valence-corrected chi connectivity index (χ3v) is 3.69. The molecule has 1 aromatic heterocycles. The van der Waals surface area contributed by atoms with Crippen molar-refractivity contribution in [2.75, 3.05) is 0 Å². The summed E-state index contributed by atoms with van der Waals surface area (Å²) in [5, 5.41) is 13.9. The number of halogens is 5. The number of nitrogens with two attached hydrogens (primary N) is 1. The van der Waals surface area contributed by atoms with Crippen molar-refractivity contribution >= 4 is 5.91 Å². The Morgan fingerprint density at radius 2 is 1.72 bits per heavy atom. The van der Waals surface area contributed by atoms with E-state index in [0.29, 0.717) is 11.3 Å². The Labute approximate surface area is 159 Å². The Morgan fingerprint density at radius 3 is 2.28 bits per heavy atom. The number of carbonyl (C=O) groups is 1. The number of phenols is 1. The number of aromatic nitrogens is 3. The average Bonchev–Trinajstić information content (AvgIpc) is 3.10. The van der Waals surface area contributed by atoms with Gasteiger partial charge in [0.1, 0.15) is 17.8 Å². The summed E-state index contributed by atoms with van der Waals surface area (Å²) < 4.78 is 67.3. The van der Waals surface area contributed by atoms with Gasteiger partial charge in [-0.3, -0.25) is 4.79 Å². The molecular weight excluding hydrogens is 403 g/mol. The molecule has 0 fully saturated rings. The van der Waals surface area contributed by atoms with Crippen molar-refractivity contribution in [2.24, 2.45) is 5.73 Å². The minimum Gasteiger partial charge on any atom is -0.507 e. The summed E-state index contributed by atoms with van der Waals surface area (Å²) in [5.41, 5.74) is 5.67. The molecule has 0 saturated heterocycles. The van der Waals surface area contributed by atoms with E-state index in [1.807, 2.05) is 0 Å². The molecule has 152 valence electrons. The van der Waals surface area contributed by atoms with Crippen LogP contribution in [-0.2, 0) is 0 Å². The average molecular weight is 414 g/mol. The van der Waals surface area contributed by atoms with Gasteiger partial charge in [0.15, 0.2) is 5.82 Å². The molecule has 0 aliphatic rings. The van der Waals surface area contributed by atoms with Crippen LogP contribution in [0.25, 0.3) is 17.1 Å². The van der Waals surface area contributed by atoms with Gasteiger partial charge in [0, 0.05) is 5.56 Å². The van der Waals surface area contributed by atoms with Crippen molar-refractivity contribution in [1.29, 1.82) is 0 Å². The number of alkyl halides is 5. The first-order chi connectivity index (χ1) is 13.5. The van der Waals surface area contributed by atoms with Gasteiger partial charge in [-0.2, -0.15) is 22.0 Å². The van der Waals surface area contributed by atoms with Crippen LogP contribution >= 0.6 is 0 Å². The van der Waals surface area contributed by atoms with Crippen LogP contribution in [0, 0.1) is 0 Å². The third-order valence-electron chi connectivity index (χ3n) is 3.69. The van der Waals surface area contributed by atoms with E-state index < -0.39 is 23.9 Å². The van der Waals surface area contributed by atoms with Crippen molar-refractivity contribution in [3.63, 3.8) is 0 Å². The molecule has 0 bridgehead atoms. The Morgan fingerprint density at radius 1 is 1.07 bits per heavy atom. The first kappa shape index (κ1) is 20.0. The fourth-order valence-electron chi connectivity index (χ4n) is 2.27. The number of rotatable bonds is 5. The fourth-order valence-corrected chi connectivity index (χ4v) is 2.27. The van der Waals surface area contributed by atoms with Crippen LogP contribution in [-0.4, -0.2) is 38.1 Å². The van der Waals surface area contributed by atoms with Crippen molar-refractivity contribution in [1.82, 2.24) is 14.8 Å². The molecule has 0 radical (unpaired) electrons. The van der Waals surface area contributed by atoms with Gasteiger partial charge in [-0.25, -0.2) is 9.67 Å². The quantitative estimate of drug-likeness (QED) is 0.624. The number of aromatic hydroxyl groups is 1. The van der Waals surface area contributed by atoms with E-state index in [0.717, 1.165) is 12.1 Å². The fraction of sp³-hybridized carbons (Fsp3) is 0.118. The predicted octanol–water partition coefficient (Wildman–Crippen LogP) is 3.27. The summed E-state index contributed by atoms with van der Waals surface area (Å²) in [4.78, 5) is 15.2. The predicted molar refractivity (Wildman–Crippen MR) is 88.6 cm³/mol. The molecule has 0 spiro atoms. The molecule has 1 amide bonds. The van der Waals surface area contributed by atoms with Gasteiger partial charge >= 0.3 is 12.3 Å². The lowest BCUT2D eigenvalue weighted by Gasteiger charge is -2.20. The number of ether oxygens (including phenoxy) is 1. The lowest BCUT2D eigenvalue weighted by molar-refractivity contribution is -0.360. The molecule has 29 heavy (non-hydrogen) atoms. The highest BCUT2D eigenvalue weighted by Gasteiger charge is 2.61. The van der Waals surface area contributed by atoms with E-state index in [1.54, 1.807) is 0 Å². The molecule has 3 rings (SSSR count). The second kappa shape index (κ2) is 7.04. The SMILES string of the molecule is NC(=O)c1ccc(-c2ncn(-c3ccc(OC(F)(F)C(F)(F)F)cc3)n2)cc1O. The number of hydrogen-bond donors (Lipinski definition) is 2. The second-order valence-electron chi connectivity index (χ2n) is 5.72. The minimum atomic E-state index is -5.85. The lowest BCUT2D eigenvalue weighted by atomic mass is 10.1. The van der Waals surface area contributed by atoms with Crippen molar-refractivity contribution in [3.8, 4) is 28.6 Å². The van der Waals surface area contributed by atoms with E-state index in [9.17, 15) is 31.9 Å². The van der Waals surface area contributed by atoms with Crippen molar-refractivity contribution < 1.29 is 36.6 Å². The molecule has 3 aromatic rings. The molecule has 12 heteroatoms. The van der Waals surface area contributed by atoms with Crippen LogP contribution in [0.5, 0.6) is 11.5 Å². The summed E-state index contributed by atoms with van der Waals surface area (Å²) in [6, 6.07) is 8.22. The number of amides is 1. The number of nitrogens with zero attached hydrogens (tertiary/aromatic N) is 3. The molecule has 0 aliphatic heterocycles. The summed E-state index contributed by atoms with van der Waals surface area (Å²) in [6.07, 6.45) is -9.91. The van der Waals surface area contributed by atoms with E-state index >= 15 is 0 Å². The molecular formula is C17H11F5N4O3. The van der Waals surface area contributed by atoms with Gasteiger partial charge in [-0.05, 0) is 36.4 Å². The number of carbonyl (C=O) groups excluding carboxylic acids is 1. The molecule has 0 saturated carbocycles. The first-order valence-corrected chi connectivity index (χ1v) is 7.77. The van der Waals surface area contributed by atoms with E-state index in [-0.39, 0.29) is 17.1 Å². The number of benzene rings is 2. The Balaban J connectivity index is 1.81. The maximum Gasteiger partial charge on any atom is 0.499 e. The van der Waals surface area contributed by atoms with E-state index in [4.69, 9.17) is 5.73 Å². The zero-order valence-electron chi connectivity index (χ0n) is 14.2. The van der Waals surface area contributed by atoms with Gasteiger partial charge in [-0.1, -0.05) is 6.07 Å². The van der Waals surface area contributed by atoms with Crippen molar-refractivity contribution in [2.45, 2.75) is 12.3 Å². The molecule has 0 aliphatic carbocycles. The topological polar surface area (TPSA) is 103 Å². The van der Waals surface area contributed by atoms with Gasteiger partial charge in [-0.15, -0.1) is 5.10 Å². The van der Waals surface area contributed by atoms with Crippen molar-refractivity contribution in [3.05, 3.63) is 54.4 Å². The van der Waals surface area contributed by atoms with Crippen LogP contribution in [0.2, 0.25) is 0 Å². The maximum absolute atomic E-state index is 12.9. The van der Waals surface area contributed by atoms with Crippen LogP contribution < -0.4 is 10.5 Å². The smallest absolute Gasteiger partial charge is 0.499 e. The standard InChI is InChI=1S/C17H11F5N4O3/c18-16(19,20)17(21,22)29-11-4-2-10(3-5-11)26-8-24-15(25-26)9-1-6-12(14(23)28)13(27)7-9/h1-8,27H,(H2,23,28). The van der Waals surface area contributed by atoms with E-state index in [2.05, 4.69) is 14.8 Å². The first-order valence-electron chi connectivity index (χ1n) is 7.77. The van der Waals surface area contributed by atoms with E-state index in [1.165, 1.54) is 41.3 Å². The molecule has 2 aromatic carbocycles. The summed E-state index contributed by atoms with van der Waals surface area (Å²) >= 11 is 0. The largest absolute Gasteiger partial charge is 0.507 e. The highest BCUT2D eigenvalue weighted by molar-refractivity contribution is 5.96. The molecule has 3 N–H and O–H groups in total. The zero-order valence-corrected chi connectivity index (χ0v) is 14.2. The van der Waals surface area contributed by atoms with Gasteiger partial charge in [0.2, 0.25) is 0 Å². The Hall–Kier alpha value is -3.70. The molecule has 7 nitrogen and oxygen atoms in total. The van der Waals surface area contributed by atoms with Crippen LogP contribution in [0.3, 0.4) is 0 Å². The number of hydrogen-bond acceptors (Lipinski definition) is 5.